The van der Waals surface area contributed by atoms with E-state index in [1.165, 1.54) is 24.3 Å². The number of hydrogen-bond donors (Lipinski definition) is 2. The number of esters is 2. The van der Waals surface area contributed by atoms with Gasteiger partial charge in [0.25, 0.3) is 0 Å². The van der Waals surface area contributed by atoms with Crippen molar-refractivity contribution >= 4 is 27.9 Å². The lowest BCUT2D eigenvalue weighted by atomic mass is 9.82. The molecular weight excluding hydrogens is 414 g/mol. The van der Waals surface area contributed by atoms with Gasteiger partial charge in [-0.2, -0.15) is 8.42 Å². The highest BCUT2D eigenvalue weighted by atomic mass is 32.2. The van der Waals surface area contributed by atoms with Gasteiger partial charge in [0.2, 0.25) is 0 Å². The quantitative estimate of drug-likeness (QED) is 0.328. The van der Waals surface area contributed by atoms with Gasteiger partial charge in [-0.05, 0) is 23.3 Å². The summed E-state index contributed by atoms with van der Waals surface area (Å²) in [5, 5.41) is 0. The van der Waals surface area contributed by atoms with E-state index in [4.69, 9.17) is 18.8 Å². The second-order valence-electron chi connectivity index (χ2n) is 6.49. The zero-order valence-corrected chi connectivity index (χ0v) is 17.3. The van der Waals surface area contributed by atoms with Gasteiger partial charge in [-0.15, -0.1) is 0 Å². The van der Waals surface area contributed by atoms with E-state index >= 15 is 0 Å². The maximum atomic E-state index is 12.6. The molecule has 0 radical (unpaired) electrons. The maximum absolute atomic E-state index is 12.6. The standard InChI is InChI=1S/C20H23NO8S/c1-27-18(22)20(19(23)28-2,14-29-13-16-6-4-3-5-7-16)12-15-8-10-17(11-9-15)21-30(24,25)26/h3-11,21H,12-14H2,1-2H3,(H,24,25,26). The molecular formula is C20H23NO8S. The fraction of sp³-hybridized carbons (Fsp3) is 0.300. The van der Waals surface area contributed by atoms with Gasteiger partial charge >= 0.3 is 22.2 Å². The first kappa shape index (κ1) is 23.3. The monoisotopic (exact) mass is 437 g/mol. The van der Waals surface area contributed by atoms with E-state index in [0.717, 1.165) is 19.8 Å². The highest BCUT2D eigenvalue weighted by Gasteiger charge is 2.49. The Bertz CT molecular complexity index is 942. The fourth-order valence-electron chi connectivity index (χ4n) is 2.89. The smallest absolute Gasteiger partial charge is 0.357 e. The van der Waals surface area contributed by atoms with Crippen molar-refractivity contribution in [1.29, 1.82) is 0 Å². The Kier molecular flexibility index (Phi) is 7.93. The minimum absolute atomic E-state index is 0.104. The third-order valence-electron chi connectivity index (χ3n) is 4.32. The molecule has 0 bridgehead atoms. The third-order valence-corrected chi connectivity index (χ3v) is 4.81. The predicted molar refractivity (Wildman–Crippen MR) is 108 cm³/mol. The second kappa shape index (κ2) is 10.2. The summed E-state index contributed by atoms with van der Waals surface area (Å²) in [6.45, 7) is -0.111. The van der Waals surface area contributed by atoms with E-state index in [-0.39, 0.29) is 25.3 Å². The van der Waals surface area contributed by atoms with Crippen LogP contribution in [0.2, 0.25) is 0 Å². The summed E-state index contributed by atoms with van der Waals surface area (Å²) in [7, 11) is -2.09. The Morgan fingerprint density at radius 1 is 0.933 bits per heavy atom. The van der Waals surface area contributed by atoms with Crippen LogP contribution in [0, 0.1) is 5.41 Å². The number of ether oxygens (including phenoxy) is 3. The summed E-state index contributed by atoms with van der Waals surface area (Å²) < 4.78 is 48.0. The number of hydrogen-bond acceptors (Lipinski definition) is 7. The van der Waals surface area contributed by atoms with Crippen LogP contribution in [-0.2, 0) is 47.1 Å². The molecule has 0 heterocycles. The van der Waals surface area contributed by atoms with E-state index in [2.05, 4.69) is 0 Å². The first-order valence-corrected chi connectivity index (χ1v) is 10.3. The molecule has 0 amide bonds. The van der Waals surface area contributed by atoms with Gasteiger partial charge in [-0.1, -0.05) is 42.5 Å². The topological polar surface area (TPSA) is 128 Å². The molecule has 2 aromatic rings. The minimum atomic E-state index is -4.42. The molecule has 0 aliphatic rings. The number of methoxy groups -OCH3 is 2. The van der Waals surface area contributed by atoms with Crippen LogP contribution in [0.5, 0.6) is 0 Å². The molecule has 0 aromatic heterocycles. The molecule has 0 atom stereocenters. The van der Waals surface area contributed by atoms with Crippen LogP contribution in [-0.4, -0.2) is 45.7 Å². The summed E-state index contributed by atoms with van der Waals surface area (Å²) in [6.07, 6.45) is -0.104. The summed E-state index contributed by atoms with van der Waals surface area (Å²) in [4.78, 5) is 25.2. The normalized spacial score (nSPS) is 11.6. The van der Waals surface area contributed by atoms with E-state index in [1.54, 1.807) is 0 Å². The molecule has 0 fully saturated rings. The minimum Gasteiger partial charge on any atom is -0.468 e. The Hall–Kier alpha value is -2.95. The van der Waals surface area contributed by atoms with Gasteiger partial charge in [0.15, 0.2) is 5.41 Å². The van der Waals surface area contributed by atoms with Gasteiger partial charge in [0.1, 0.15) is 0 Å². The second-order valence-corrected chi connectivity index (χ2v) is 7.65. The maximum Gasteiger partial charge on any atom is 0.357 e. The van der Waals surface area contributed by atoms with E-state index in [9.17, 15) is 18.0 Å². The summed E-state index contributed by atoms with van der Waals surface area (Å²) in [5.74, 6) is -1.63. The molecule has 0 spiro atoms. The molecule has 9 nitrogen and oxygen atoms in total. The van der Waals surface area contributed by atoms with Crippen LogP contribution in [0.15, 0.2) is 54.6 Å². The lowest BCUT2D eigenvalue weighted by molar-refractivity contribution is -0.174. The number of anilines is 1. The van der Waals surface area contributed by atoms with Crippen molar-refractivity contribution in [3.63, 3.8) is 0 Å². The molecule has 0 unspecified atom stereocenters. The van der Waals surface area contributed by atoms with Crippen molar-refractivity contribution in [2.75, 3.05) is 25.5 Å². The molecule has 0 aliphatic carbocycles. The third kappa shape index (κ3) is 6.28. The molecule has 0 saturated heterocycles. The zero-order chi connectivity index (χ0) is 22.2. The number of carbonyl (C=O) groups is 2. The van der Waals surface area contributed by atoms with Crippen LogP contribution in [0.3, 0.4) is 0 Å². The van der Waals surface area contributed by atoms with Crippen LogP contribution in [0.4, 0.5) is 5.69 Å². The lowest BCUT2D eigenvalue weighted by Gasteiger charge is -2.28. The summed E-state index contributed by atoms with van der Waals surface area (Å²) in [6, 6.07) is 15.0. The zero-order valence-electron chi connectivity index (χ0n) is 16.5. The van der Waals surface area contributed by atoms with Crippen molar-refractivity contribution < 1.29 is 36.8 Å². The van der Waals surface area contributed by atoms with Gasteiger partial charge in [-0.25, -0.2) is 0 Å². The molecule has 162 valence electrons. The van der Waals surface area contributed by atoms with Crippen LogP contribution < -0.4 is 4.72 Å². The van der Waals surface area contributed by atoms with Crippen molar-refractivity contribution in [3.05, 3.63) is 65.7 Å². The first-order chi connectivity index (χ1) is 14.2. The van der Waals surface area contributed by atoms with Crippen molar-refractivity contribution in [2.45, 2.75) is 13.0 Å². The van der Waals surface area contributed by atoms with E-state index < -0.39 is 27.7 Å². The lowest BCUT2D eigenvalue weighted by Crippen LogP contribution is -2.47. The van der Waals surface area contributed by atoms with E-state index in [0.29, 0.717) is 5.56 Å². The highest BCUT2D eigenvalue weighted by Crippen LogP contribution is 2.29. The SMILES string of the molecule is COC(=O)C(COCc1ccccc1)(Cc1ccc(NS(=O)(=O)O)cc1)C(=O)OC. The highest BCUT2D eigenvalue weighted by molar-refractivity contribution is 7.87. The largest absolute Gasteiger partial charge is 0.468 e. The molecule has 2 N–H and O–H groups in total. The average Bonchev–Trinajstić information content (AvgIpc) is 2.72. The van der Waals surface area contributed by atoms with Crippen molar-refractivity contribution in [3.8, 4) is 0 Å². The average molecular weight is 437 g/mol. The Morgan fingerprint density at radius 2 is 1.50 bits per heavy atom. The summed E-state index contributed by atoms with van der Waals surface area (Å²) in [5.41, 5.74) is -0.254. The molecule has 2 rings (SSSR count). The molecule has 2 aromatic carbocycles. The van der Waals surface area contributed by atoms with Crippen LogP contribution in [0.25, 0.3) is 0 Å². The predicted octanol–water partition coefficient (Wildman–Crippen LogP) is 1.99. The van der Waals surface area contributed by atoms with Crippen molar-refractivity contribution in [1.82, 2.24) is 0 Å². The van der Waals surface area contributed by atoms with Crippen LogP contribution in [0.1, 0.15) is 11.1 Å². The molecule has 30 heavy (non-hydrogen) atoms. The van der Waals surface area contributed by atoms with Crippen LogP contribution >= 0.6 is 0 Å². The first-order valence-electron chi connectivity index (χ1n) is 8.83. The number of rotatable bonds is 10. The van der Waals surface area contributed by atoms with E-state index in [1.807, 2.05) is 35.1 Å². The molecule has 0 aliphatic heterocycles. The van der Waals surface area contributed by atoms with Gasteiger partial charge < -0.3 is 14.2 Å². The van der Waals surface area contributed by atoms with Gasteiger partial charge in [-0.3, -0.25) is 18.9 Å². The Balaban J connectivity index is 2.25. The van der Waals surface area contributed by atoms with Crippen molar-refractivity contribution in [2.24, 2.45) is 5.41 Å². The molecule has 10 heteroatoms. The van der Waals surface area contributed by atoms with Gasteiger partial charge in [0, 0.05) is 6.42 Å². The number of benzene rings is 2. The van der Waals surface area contributed by atoms with Gasteiger partial charge in [0.05, 0.1) is 33.1 Å². The molecule has 0 saturated carbocycles. The Labute approximate surface area is 174 Å². The fourth-order valence-corrected chi connectivity index (χ4v) is 3.33. The Morgan fingerprint density at radius 3 is 2.00 bits per heavy atom. The number of nitrogens with one attached hydrogen (secondary N) is 1. The number of carbonyl (C=O) groups excluding carboxylic acids is 2. The summed E-state index contributed by atoms with van der Waals surface area (Å²) >= 11 is 0.